The molecule has 0 fully saturated rings. The number of sulfonamides is 1. The van der Waals surface area contributed by atoms with Gasteiger partial charge >= 0.3 is 18.1 Å². The molecular formula is C11H10F3NO6S. The number of benzene rings is 1. The molecule has 0 aliphatic heterocycles. The molecule has 0 atom stereocenters. The number of hydrogen-bond donors (Lipinski definition) is 2. The molecule has 1 rings (SSSR count). The number of ether oxygens (including phenoxy) is 1. The van der Waals surface area contributed by atoms with E-state index in [-0.39, 0.29) is 6.07 Å². The Hall–Kier alpha value is -2.14. The van der Waals surface area contributed by atoms with Crippen LogP contribution in [-0.4, -0.2) is 39.1 Å². The summed E-state index contributed by atoms with van der Waals surface area (Å²) in [7, 11) is -3.74. The van der Waals surface area contributed by atoms with E-state index in [4.69, 9.17) is 5.11 Å². The van der Waals surface area contributed by atoms with Crippen molar-refractivity contribution in [3.8, 4) is 0 Å². The molecule has 122 valence electrons. The number of nitrogens with one attached hydrogen (secondary N) is 1. The monoisotopic (exact) mass is 341 g/mol. The number of alkyl halides is 3. The Labute approximate surface area is 122 Å². The molecular weight excluding hydrogens is 331 g/mol. The Balaban J connectivity index is 3.46. The SMILES string of the molecule is COC(=O)c1ccc(C(F)(F)F)cc1S(=O)(=O)NCC(=O)O. The molecule has 11 heteroatoms. The lowest BCUT2D eigenvalue weighted by Crippen LogP contribution is -2.31. The lowest BCUT2D eigenvalue weighted by Gasteiger charge is -2.13. The standard InChI is InChI=1S/C11H10F3NO6S/c1-21-10(18)7-3-2-6(11(12,13)14)4-8(7)22(19,20)15-5-9(16)17/h2-4,15H,5H2,1H3,(H,16,17). The molecule has 0 aliphatic carbocycles. The summed E-state index contributed by atoms with van der Waals surface area (Å²) in [5, 5.41) is 8.43. The Bertz CT molecular complexity index is 698. The number of halogens is 3. The smallest absolute Gasteiger partial charge is 0.416 e. The Kier molecular flexibility index (Phi) is 5.14. The molecule has 22 heavy (non-hydrogen) atoms. The van der Waals surface area contributed by atoms with Crippen LogP contribution in [0.5, 0.6) is 0 Å². The van der Waals surface area contributed by atoms with Crippen LogP contribution in [0.25, 0.3) is 0 Å². The summed E-state index contributed by atoms with van der Waals surface area (Å²) in [5.74, 6) is -2.72. The second-order valence-electron chi connectivity index (χ2n) is 3.92. The van der Waals surface area contributed by atoms with Crippen LogP contribution in [0.4, 0.5) is 13.2 Å². The molecule has 0 heterocycles. The number of carboxylic acids is 1. The van der Waals surface area contributed by atoms with Crippen LogP contribution in [0.15, 0.2) is 23.1 Å². The van der Waals surface area contributed by atoms with Crippen LogP contribution in [0.3, 0.4) is 0 Å². The van der Waals surface area contributed by atoms with E-state index in [0.717, 1.165) is 7.11 Å². The maximum Gasteiger partial charge on any atom is 0.416 e. The Morgan fingerprint density at radius 3 is 2.36 bits per heavy atom. The van der Waals surface area contributed by atoms with E-state index in [9.17, 15) is 31.2 Å². The fraction of sp³-hybridized carbons (Fsp3) is 0.273. The number of esters is 1. The molecule has 7 nitrogen and oxygen atoms in total. The molecule has 2 N–H and O–H groups in total. The fourth-order valence-corrected chi connectivity index (χ4v) is 2.63. The van der Waals surface area contributed by atoms with Gasteiger partial charge in [0.2, 0.25) is 10.0 Å². The highest BCUT2D eigenvalue weighted by molar-refractivity contribution is 7.89. The molecule has 0 spiro atoms. The lowest BCUT2D eigenvalue weighted by molar-refractivity contribution is -0.138. The van der Waals surface area contributed by atoms with Crippen molar-refractivity contribution in [3.63, 3.8) is 0 Å². The third-order valence-electron chi connectivity index (χ3n) is 2.42. The molecule has 0 aliphatic rings. The number of aliphatic carboxylic acids is 1. The third-order valence-corrected chi connectivity index (χ3v) is 3.86. The first-order valence-electron chi connectivity index (χ1n) is 5.50. The van der Waals surface area contributed by atoms with E-state index in [1.165, 1.54) is 0 Å². The van der Waals surface area contributed by atoms with Crippen LogP contribution < -0.4 is 4.72 Å². The van der Waals surface area contributed by atoms with Crippen LogP contribution in [0, 0.1) is 0 Å². The summed E-state index contributed by atoms with van der Waals surface area (Å²) in [6.45, 7) is -1.06. The van der Waals surface area contributed by atoms with E-state index in [1.54, 1.807) is 4.72 Å². The van der Waals surface area contributed by atoms with Crippen molar-refractivity contribution in [1.29, 1.82) is 0 Å². The number of carbonyl (C=O) groups is 2. The number of carbonyl (C=O) groups excluding carboxylic acids is 1. The molecule has 0 amide bonds. The van der Waals surface area contributed by atoms with Gasteiger partial charge in [-0.05, 0) is 18.2 Å². The minimum Gasteiger partial charge on any atom is -0.480 e. The van der Waals surface area contributed by atoms with Crippen molar-refractivity contribution in [1.82, 2.24) is 4.72 Å². The molecule has 1 aromatic rings. The minimum absolute atomic E-state index is 0.233. The average Bonchev–Trinajstić information content (AvgIpc) is 2.42. The van der Waals surface area contributed by atoms with Gasteiger partial charge in [-0.3, -0.25) is 4.79 Å². The van der Waals surface area contributed by atoms with Gasteiger partial charge in [0.25, 0.3) is 0 Å². The van der Waals surface area contributed by atoms with Crippen molar-refractivity contribution < 1.29 is 41.0 Å². The molecule has 1 aromatic carbocycles. The summed E-state index contributed by atoms with van der Waals surface area (Å²) in [4.78, 5) is 20.8. The molecule has 0 aromatic heterocycles. The van der Waals surface area contributed by atoms with Gasteiger partial charge in [-0.2, -0.15) is 17.9 Å². The number of hydrogen-bond acceptors (Lipinski definition) is 5. The second kappa shape index (κ2) is 6.32. The highest BCUT2D eigenvalue weighted by Gasteiger charge is 2.34. The highest BCUT2D eigenvalue weighted by Crippen LogP contribution is 2.32. The fourth-order valence-electron chi connectivity index (χ4n) is 1.43. The molecule has 0 bridgehead atoms. The number of rotatable bonds is 5. The van der Waals surface area contributed by atoms with Crippen molar-refractivity contribution >= 4 is 22.0 Å². The van der Waals surface area contributed by atoms with E-state index < -0.39 is 50.7 Å². The average molecular weight is 341 g/mol. The van der Waals surface area contributed by atoms with Gasteiger partial charge in [-0.1, -0.05) is 0 Å². The zero-order chi connectivity index (χ0) is 17.1. The van der Waals surface area contributed by atoms with E-state index in [2.05, 4.69) is 4.74 Å². The zero-order valence-electron chi connectivity index (χ0n) is 11.0. The third kappa shape index (κ3) is 4.18. The summed E-state index contributed by atoms with van der Waals surface area (Å²) < 4.78 is 67.7. The minimum atomic E-state index is -4.84. The Morgan fingerprint density at radius 2 is 1.91 bits per heavy atom. The van der Waals surface area contributed by atoms with E-state index in [1.807, 2.05) is 0 Å². The largest absolute Gasteiger partial charge is 0.480 e. The molecule has 0 radical (unpaired) electrons. The van der Waals surface area contributed by atoms with Crippen LogP contribution in [0.2, 0.25) is 0 Å². The van der Waals surface area contributed by atoms with Gasteiger partial charge in [0.1, 0.15) is 6.54 Å². The van der Waals surface area contributed by atoms with Gasteiger partial charge < -0.3 is 9.84 Å². The summed E-state index contributed by atoms with van der Waals surface area (Å²) in [6, 6.07) is 1.39. The van der Waals surface area contributed by atoms with Crippen molar-refractivity contribution in [2.24, 2.45) is 0 Å². The van der Waals surface area contributed by atoms with E-state index >= 15 is 0 Å². The van der Waals surface area contributed by atoms with Crippen molar-refractivity contribution in [3.05, 3.63) is 29.3 Å². The lowest BCUT2D eigenvalue weighted by atomic mass is 10.1. The summed E-state index contributed by atoms with van der Waals surface area (Å²) >= 11 is 0. The van der Waals surface area contributed by atoms with Gasteiger partial charge in [0.15, 0.2) is 0 Å². The highest BCUT2D eigenvalue weighted by atomic mass is 32.2. The van der Waals surface area contributed by atoms with Crippen LogP contribution in [0.1, 0.15) is 15.9 Å². The molecule has 0 unspecified atom stereocenters. The van der Waals surface area contributed by atoms with Gasteiger partial charge in [0.05, 0.1) is 23.1 Å². The quantitative estimate of drug-likeness (QED) is 0.769. The predicted molar refractivity (Wildman–Crippen MR) is 65.6 cm³/mol. The topological polar surface area (TPSA) is 110 Å². The predicted octanol–water partition coefficient (Wildman–Crippen LogP) is 0.855. The second-order valence-corrected chi connectivity index (χ2v) is 5.65. The summed E-state index contributed by atoms with van der Waals surface area (Å²) in [6.07, 6.45) is -4.84. The first-order chi connectivity index (χ1) is 9.99. The van der Waals surface area contributed by atoms with Gasteiger partial charge in [-0.25, -0.2) is 13.2 Å². The van der Waals surface area contributed by atoms with Crippen LogP contribution in [-0.2, 0) is 25.7 Å². The first kappa shape index (κ1) is 17.9. The van der Waals surface area contributed by atoms with Crippen molar-refractivity contribution in [2.45, 2.75) is 11.1 Å². The number of carboxylic acid groups (broad SMARTS) is 1. The number of methoxy groups -OCH3 is 1. The zero-order valence-corrected chi connectivity index (χ0v) is 11.8. The van der Waals surface area contributed by atoms with Crippen LogP contribution >= 0.6 is 0 Å². The van der Waals surface area contributed by atoms with Gasteiger partial charge in [0, 0.05) is 0 Å². The first-order valence-corrected chi connectivity index (χ1v) is 6.98. The summed E-state index contributed by atoms with van der Waals surface area (Å²) in [5.41, 5.74) is -1.95. The maximum atomic E-state index is 12.7. The van der Waals surface area contributed by atoms with Gasteiger partial charge in [-0.15, -0.1) is 0 Å². The van der Waals surface area contributed by atoms with Crippen molar-refractivity contribution in [2.75, 3.05) is 13.7 Å². The maximum absolute atomic E-state index is 12.7. The molecule has 0 saturated heterocycles. The normalized spacial score (nSPS) is 12.0. The Morgan fingerprint density at radius 1 is 1.32 bits per heavy atom. The van der Waals surface area contributed by atoms with E-state index in [0.29, 0.717) is 12.1 Å². The molecule has 0 saturated carbocycles.